The van der Waals surface area contributed by atoms with Crippen molar-refractivity contribution in [3.63, 3.8) is 0 Å². The molecule has 0 radical (unpaired) electrons. The van der Waals surface area contributed by atoms with E-state index >= 15 is 0 Å². The van der Waals surface area contributed by atoms with Crippen LogP contribution in [0.5, 0.6) is 0 Å². The third-order valence-electron chi connectivity index (χ3n) is 6.43. The molecule has 0 spiro atoms. The normalized spacial score (nSPS) is 16.2. The van der Waals surface area contributed by atoms with E-state index in [0.717, 1.165) is 44.5 Å². The van der Waals surface area contributed by atoms with Crippen molar-refractivity contribution in [2.45, 2.75) is 83.0 Å². The molecule has 7 nitrogen and oxygen atoms in total. The Morgan fingerprint density at radius 2 is 1.97 bits per heavy atom. The topological polar surface area (TPSA) is 105 Å². The maximum Gasteiger partial charge on any atom is 0.303 e. The summed E-state index contributed by atoms with van der Waals surface area (Å²) in [6.07, 6.45) is 11.2. The van der Waals surface area contributed by atoms with Crippen LogP contribution >= 0.6 is 0 Å². The molecule has 2 N–H and O–H groups in total. The highest BCUT2D eigenvalue weighted by Crippen LogP contribution is 2.43. The molecule has 1 saturated carbocycles. The van der Waals surface area contributed by atoms with Gasteiger partial charge in [-0.1, -0.05) is 6.07 Å². The zero-order chi connectivity index (χ0) is 22.5. The molecule has 2 aromatic rings. The summed E-state index contributed by atoms with van der Waals surface area (Å²) in [5, 5.41) is 12.7. The third-order valence-corrected chi connectivity index (χ3v) is 6.43. The summed E-state index contributed by atoms with van der Waals surface area (Å²) in [5.41, 5.74) is 4.67. The third kappa shape index (κ3) is 5.90. The van der Waals surface area contributed by atoms with E-state index in [1.807, 2.05) is 0 Å². The Balaban J connectivity index is 1.31. The number of anilines is 1. The summed E-state index contributed by atoms with van der Waals surface area (Å²) in [4.78, 5) is 37.1. The lowest BCUT2D eigenvalue weighted by Gasteiger charge is -2.20. The van der Waals surface area contributed by atoms with E-state index in [1.165, 1.54) is 29.7 Å². The molecule has 1 aliphatic carbocycles. The first-order valence-corrected chi connectivity index (χ1v) is 11.8. The van der Waals surface area contributed by atoms with E-state index in [1.54, 1.807) is 19.3 Å². The highest BCUT2D eigenvalue weighted by molar-refractivity contribution is 5.80. The van der Waals surface area contributed by atoms with Gasteiger partial charge in [0.1, 0.15) is 17.4 Å². The van der Waals surface area contributed by atoms with Gasteiger partial charge >= 0.3 is 5.97 Å². The van der Waals surface area contributed by atoms with E-state index in [0.29, 0.717) is 23.7 Å². The highest BCUT2D eigenvalue weighted by atomic mass is 16.4. The molecular weight excluding hydrogens is 404 g/mol. The Bertz CT molecular complexity index is 970. The van der Waals surface area contributed by atoms with Gasteiger partial charge in [-0.15, -0.1) is 0 Å². The van der Waals surface area contributed by atoms with Crippen LogP contribution in [0.1, 0.15) is 91.4 Å². The van der Waals surface area contributed by atoms with E-state index in [9.17, 15) is 14.7 Å². The summed E-state index contributed by atoms with van der Waals surface area (Å²) >= 11 is 0. The fraction of sp³-hybridized carbons (Fsp3) is 0.560. The maximum atomic E-state index is 12.6. The average molecular weight is 437 g/mol. The van der Waals surface area contributed by atoms with Crippen LogP contribution in [0.25, 0.3) is 0 Å². The van der Waals surface area contributed by atoms with Crippen molar-refractivity contribution in [3.8, 4) is 0 Å². The van der Waals surface area contributed by atoms with Crippen molar-refractivity contribution >= 4 is 17.6 Å². The minimum Gasteiger partial charge on any atom is -0.481 e. The Hall–Kier alpha value is -2.83. The van der Waals surface area contributed by atoms with Crippen molar-refractivity contribution in [3.05, 3.63) is 46.7 Å². The summed E-state index contributed by atoms with van der Waals surface area (Å²) in [6, 6.07) is 2.37. The second-order valence-electron chi connectivity index (χ2n) is 9.14. The van der Waals surface area contributed by atoms with E-state index in [2.05, 4.69) is 21.4 Å². The number of pyridine rings is 1. The molecule has 0 bridgehead atoms. The van der Waals surface area contributed by atoms with Gasteiger partial charge < -0.3 is 10.4 Å². The quantitative estimate of drug-likeness (QED) is 0.505. The molecular formula is C25H32N4O3. The number of carboxylic acids is 1. The first-order chi connectivity index (χ1) is 15.5. The molecule has 1 fully saturated rings. The molecule has 7 heteroatoms. The van der Waals surface area contributed by atoms with Gasteiger partial charge in [-0.3, -0.25) is 9.59 Å². The number of nitrogens with one attached hydrogen (secondary N) is 1. The largest absolute Gasteiger partial charge is 0.481 e. The molecule has 3 heterocycles. The summed E-state index contributed by atoms with van der Waals surface area (Å²) in [5.74, 6) is 1.15. The van der Waals surface area contributed by atoms with E-state index in [-0.39, 0.29) is 24.5 Å². The minimum absolute atomic E-state index is 0.0883. The number of fused-ring (bicyclic) bond motifs is 1. The number of hydrogen-bond acceptors (Lipinski definition) is 6. The van der Waals surface area contributed by atoms with Gasteiger partial charge in [-0.05, 0) is 74.5 Å². The maximum absolute atomic E-state index is 12.6. The van der Waals surface area contributed by atoms with Crippen LogP contribution in [-0.2, 0) is 22.4 Å². The number of carbonyl (C=O) groups excluding carboxylic acids is 1. The highest BCUT2D eigenvalue weighted by Gasteiger charge is 2.28. The molecule has 32 heavy (non-hydrogen) atoms. The molecule has 170 valence electrons. The predicted molar refractivity (Wildman–Crippen MR) is 122 cm³/mol. The first-order valence-electron chi connectivity index (χ1n) is 11.8. The standard InChI is InChI=1S/C25H32N4O3/c1-16-27-14-20(15-28-16)19(13-24(31)32)11-21(30)6-2-3-7-23-22(17-8-9-17)12-18-5-4-10-26-25(18)29-23/h12,14-15,17,19H,2-11,13H2,1H3,(H,26,29)(H,31,32)/t19-/m1/s1. The van der Waals surface area contributed by atoms with Crippen molar-refractivity contribution in [1.82, 2.24) is 15.0 Å². The molecule has 0 amide bonds. The van der Waals surface area contributed by atoms with Gasteiger partial charge in [0.15, 0.2) is 0 Å². The van der Waals surface area contributed by atoms with Crippen molar-refractivity contribution in [1.29, 1.82) is 0 Å². The van der Waals surface area contributed by atoms with Crippen molar-refractivity contribution in [2.24, 2.45) is 0 Å². The summed E-state index contributed by atoms with van der Waals surface area (Å²) in [7, 11) is 0. The number of carbonyl (C=O) groups is 2. The predicted octanol–water partition coefficient (Wildman–Crippen LogP) is 4.35. The SMILES string of the molecule is Cc1ncc([C@@H](CC(=O)O)CC(=O)CCCCc2nc3c(cc2C2CC2)CCCN3)cn1. The van der Waals surface area contributed by atoms with Gasteiger partial charge in [0, 0.05) is 43.4 Å². The van der Waals surface area contributed by atoms with E-state index < -0.39 is 5.97 Å². The Kier molecular flexibility index (Phi) is 7.12. The molecule has 2 aliphatic rings. The van der Waals surface area contributed by atoms with Gasteiger partial charge in [0.25, 0.3) is 0 Å². The smallest absolute Gasteiger partial charge is 0.303 e. The number of aromatic nitrogens is 3. The number of nitrogens with zero attached hydrogens (tertiary/aromatic N) is 3. The number of carboxylic acid groups (broad SMARTS) is 1. The van der Waals surface area contributed by atoms with Crippen LogP contribution in [0.2, 0.25) is 0 Å². The number of ketones is 1. The molecule has 4 rings (SSSR count). The molecule has 0 aromatic carbocycles. The van der Waals surface area contributed by atoms with Crippen molar-refractivity contribution in [2.75, 3.05) is 11.9 Å². The second kappa shape index (κ2) is 10.2. The van der Waals surface area contributed by atoms with Crippen LogP contribution in [0, 0.1) is 6.92 Å². The average Bonchev–Trinajstić information content (AvgIpc) is 3.61. The lowest BCUT2D eigenvalue weighted by Crippen LogP contribution is -2.15. The summed E-state index contributed by atoms with van der Waals surface area (Å²) < 4.78 is 0. The van der Waals surface area contributed by atoms with Gasteiger partial charge in [0.05, 0.1) is 6.42 Å². The van der Waals surface area contributed by atoms with Gasteiger partial charge in [-0.2, -0.15) is 0 Å². The molecule has 1 atom stereocenters. The van der Waals surface area contributed by atoms with Crippen LogP contribution in [-0.4, -0.2) is 38.4 Å². The van der Waals surface area contributed by atoms with Crippen LogP contribution in [0.15, 0.2) is 18.5 Å². The van der Waals surface area contributed by atoms with Crippen LogP contribution in [0.4, 0.5) is 5.82 Å². The Morgan fingerprint density at radius 3 is 2.69 bits per heavy atom. The minimum atomic E-state index is -0.914. The summed E-state index contributed by atoms with van der Waals surface area (Å²) in [6.45, 7) is 2.77. The Labute approximate surface area is 189 Å². The number of unbranched alkanes of at least 4 members (excludes halogenated alkanes) is 1. The zero-order valence-corrected chi connectivity index (χ0v) is 18.8. The molecule has 0 unspecified atom stereocenters. The Morgan fingerprint density at radius 1 is 1.19 bits per heavy atom. The molecule has 1 aliphatic heterocycles. The lowest BCUT2D eigenvalue weighted by molar-refractivity contribution is -0.137. The van der Waals surface area contributed by atoms with Crippen LogP contribution < -0.4 is 5.32 Å². The molecule has 2 aromatic heterocycles. The second-order valence-corrected chi connectivity index (χ2v) is 9.14. The monoisotopic (exact) mass is 436 g/mol. The fourth-order valence-corrected chi connectivity index (χ4v) is 4.51. The number of aryl methyl sites for hydroxylation is 3. The zero-order valence-electron chi connectivity index (χ0n) is 18.8. The van der Waals surface area contributed by atoms with Crippen LogP contribution in [0.3, 0.4) is 0 Å². The number of Topliss-reactive ketones (excluding diaryl/α,β-unsaturated/α-hetero) is 1. The molecule has 0 saturated heterocycles. The van der Waals surface area contributed by atoms with Crippen molar-refractivity contribution < 1.29 is 14.7 Å². The lowest BCUT2D eigenvalue weighted by atomic mass is 9.91. The fourth-order valence-electron chi connectivity index (χ4n) is 4.51. The van der Waals surface area contributed by atoms with Gasteiger partial charge in [0.2, 0.25) is 0 Å². The number of aliphatic carboxylic acids is 1. The van der Waals surface area contributed by atoms with Gasteiger partial charge in [-0.25, -0.2) is 15.0 Å². The number of rotatable bonds is 11. The van der Waals surface area contributed by atoms with E-state index in [4.69, 9.17) is 4.98 Å². The first kappa shape index (κ1) is 22.4. The number of hydrogen-bond donors (Lipinski definition) is 2.